The van der Waals surface area contributed by atoms with Gasteiger partial charge in [-0.3, -0.25) is 19.5 Å². The van der Waals surface area contributed by atoms with Crippen LogP contribution in [-0.2, 0) is 9.59 Å². The molecule has 1 saturated heterocycles. The third-order valence-corrected chi connectivity index (χ3v) is 5.55. The first kappa shape index (κ1) is 19.6. The molecule has 1 N–H and O–H groups in total. The van der Waals surface area contributed by atoms with E-state index in [1.807, 2.05) is 30.3 Å². The Kier molecular flexibility index (Phi) is 4.75. The molecule has 3 aromatic carbocycles. The molecule has 0 bridgehead atoms. The van der Waals surface area contributed by atoms with Gasteiger partial charge in [-0.05, 0) is 46.7 Å². The molecule has 1 aliphatic rings. The van der Waals surface area contributed by atoms with Crippen LogP contribution < -0.4 is 4.90 Å². The van der Waals surface area contributed by atoms with Crippen molar-refractivity contribution >= 4 is 33.9 Å². The van der Waals surface area contributed by atoms with E-state index in [1.54, 1.807) is 36.5 Å². The van der Waals surface area contributed by atoms with Crippen LogP contribution in [0.3, 0.4) is 0 Å². The Morgan fingerprint density at radius 3 is 2.47 bits per heavy atom. The maximum Gasteiger partial charge on any atom is 0.300 e. The van der Waals surface area contributed by atoms with Crippen LogP contribution in [0.2, 0.25) is 0 Å². The SMILES string of the molecule is O=C1C(=O)N(c2cccc(F)c2)C(c2cccnc2)/C1=C(/O)c1ccc2ccccc2c1. The standard InChI is InChI=1S/C26H17FN2O3/c27-20-8-3-9-21(14-20)29-23(19-7-4-12-28-15-19)22(25(31)26(29)32)24(30)18-11-10-16-5-1-2-6-17(16)13-18/h1-15,23,30H/b24-22-. The lowest BCUT2D eigenvalue weighted by Gasteiger charge is -2.25. The maximum atomic E-state index is 13.9. The number of Topliss-reactive ketones (excluding diaryl/α,β-unsaturated/α-hetero) is 1. The Bertz CT molecular complexity index is 1400. The summed E-state index contributed by atoms with van der Waals surface area (Å²) in [6.07, 6.45) is 3.09. The van der Waals surface area contributed by atoms with E-state index in [4.69, 9.17) is 0 Å². The summed E-state index contributed by atoms with van der Waals surface area (Å²) in [4.78, 5) is 31.5. The molecular weight excluding hydrogens is 407 g/mol. The molecule has 0 aliphatic carbocycles. The molecule has 0 saturated carbocycles. The number of ketones is 1. The number of carbonyl (C=O) groups is 2. The lowest BCUT2D eigenvalue weighted by atomic mass is 9.95. The zero-order chi connectivity index (χ0) is 22.2. The average molecular weight is 424 g/mol. The maximum absolute atomic E-state index is 13.9. The second-order valence-corrected chi connectivity index (χ2v) is 7.50. The van der Waals surface area contributed by atoms with E-state index in [0.717, 1.165) is 10.8 Å². The van der Waals surface area contributed by atoms with Gasteiger partial charge in [-0.15, -0.1) is 0 Å². The van der Waals surface area contributed by atoms with E-state index in [9.17, 15) is 19.1 Å². The van der Waals surface area contributed by atoms with Crippen molar-refractivity contribution in [1.82, 2.24) is 4.98 Å². The van der Waals surface area contributed by atoms with E-state index in [0.29, 0.717) is 11.1 Å². The highest BCUT2D eigenvalue weighted by molar-refractivity contribution is 6.51. The Morgan fingerprint density at radius 2 is 1.72 bits per heavy atom. The molecule has 4 aromatic rings. The summed E-state index contributed by atoms with van der Waals surface area (Å²) in [6, 6.07) is 20.8. The summed E-state index contributed by atoms with van der Waals surface area (Å²) in [5.41, 5.74) is 1.09. The molecule has 1 fully saturated rings. The monoisotopic (exact) mass is 424 g/mol. The average Bonchev–Trinajstić information content (AvgIpc) is 3.09. The number of amides is 1. The molecule has 6 heteroatoms. The molecule has 1 aromatic heterocycles. The number of hydrogen-bond donors (Lipinski definition) is 1. The van der Waals surface area contributed by atoms with Crippen molar-refractivity contribution in [3.05, 3.63) is 114 Å². The molecule has 1 aliphatic heterocycles. The number of nitrogens with zero attached hydrogens (tertiary/aromatic N) is 2. The summed E-state index contributed by atoms with van der Waals surface area (Å²) >= 11 is 0. The Balaban J connectivity index is 1.73. The van der Waals surface area contributed by atoms with Crippen molar-refractivity contribution in [3.63, 3.8) is 0 Å². The fourth-order valence-corrected chi connectivity index (χ4v) is 4.07. The summed E-state index contributed by atoms with van der Waals surface area (Å²) in [7, 11) is 0. The first-order valence-corrected chi connectivity index (χ1v) is 10.0. The van der Waals surface area contributed by atoms with Crippen LogP contribution in [-0.4, -0.2) is 21.8 Å². The van der Waals surface area contributed by atoms with Crippen LogP contribution in [0.25, 0.3) is 16.5 Å². The first-order chi connectivity index (χ1) is 15.5. The molecule has 2 heterocycles. The largest absolute Gasteiger partial charge is 0.507 e. The highest BCUT2D eigenvalue weighted by atomic mass is 19.1. The molecular formula is C26H17FN2O3. The van der Waals surface area contributed by atoms with Gasteiger partial charge in [0.2, 0.25) is 0 Å². The van der Waals surface area contributed by atoms with Crippen LogP contribution in [0.15, 0.2) is 96.8 Å². The van der Waals surface area contributed by atoms with Gasteiger partial charge in [-0.1, -0.05) is 48.5 Å². The van der Waals surface area contributed by atoms with Gasteiger partial charge in [0.25, 0.3) is 11.7 Å². The van der Waals surface area contributed by atoms with Crippen molar-refractivity contribution in [2.75, 3.05) is 4.90 Å². The predicted octanol–water partition coefficient (Wildman–Crippen LogP) is 5.00. The van der Waals surface area contributed by atoms with Gasteiger partial charge in [-0.2, -0.15) is 0 Å². The second kappa shape index (κ2) is 7.74. The third-order valence-electron chi connectivity index (χ3n) is 5.55. The smallest absolute Gasteiger partial charge is 0.300 e. The van der Waals surface area contributed by atoms with Gasteiger partial charge in [0.15, 0.2) is 0 Å². The van der Waals surface area contributed by atoms with Gasteiger partial charge in [0.1, 0.15) is 11.6 Å². The van der Waals surface area contributed by atoms with Gasteiger partial charge in [-0.25, -0.2) is 4.39 Å². The third kappa shape index (κ3) is 3.22. The van der Waals surface area contributed by atoms with Crippen molar-refractivity contribution in [3.8, 4) is 0 Å². The van der Waals surface area contributed by atoms with Crippen molar-refractivity contribution in [2.45, 2.75) is 6.04 Å². The molecule has 32 heavy (non-hydrogen) atoms. The van der Waals surface area contributed by atoms with Gasteiger partial charge >= 0.3 is 0 Å². The van der Waals surface area contributed by atoms with Gasteiger partial charge < -0.3 is 5.11 Å². The number of fused-ring (bicyclic) bond motifs is 1. The minimum Gasteiger partial charge on any atom is -0.507 e. The Labute approximate surface area is 183 Å². The van der Waals surface area contributed by atoms with Crippen LogP contribution >= 0.6 is 0 Å². The topological polar surface area (TPSA) is 70.5 Å². The van der Waals surface area contributed by atoms with Gasteiger partial charge in [0, 0.05) is 23.6 Å². The Morgan fingerprint density at radius 1 is 0.906 bits per heavy atom. The first-order valence-electron chi connectivity index (χ1n) is 10.0. The van der Waals surface area contributed by atoms with E-state index < -0.39 is 23.5 Å². The molecule has 5 rings (SSSR count). The van der Waals surface area contributed by atoms with E-state index in [2.05, 4.69) is 4.98 Å². The van der Waals surface area contributed by atoms with Crippen LogP contribution in [0.4, 0.5) is 10.1 Å². The minimum absolute atomic E-state index is 0.0671. The molecule has 0 spiro atoms. The Hall–Kier alpha value is -4.32. The normalized spacial score (nSPS) is 17.8. The van der Waals surface area contributed by atoms with Crippen LogP contribution in [0.1, 0.15) is 17.2 Å². The van der Waals surface area contributed by atoms with E-state index >= 15 is 0 Å². The lowest BCUT2D eigenvalue weighted by Crippen LogP contribution is -2.29. The summed E-state index contributed by atoms with van der Waals surface area (Å²) in [5.74, 6) is -2.51. The quantitative estimate of drug-likeness (QED) is 0.285. The molecule has 0 radical (unpaired) electrons. The number of aliphatic hydroxyl groups excluding tert-OH is 1. The fourth-order valence-electron chi connectivity index (χ4n) is 4.07. The van der Waals surface area contributed by atoms with Crippen molar-refractivity contribution in [1.29, 1.82) is 0 Å². The fraction of sp³-hybridized carbons (Fsp3) is 0.0385. The lowest BCUT2D eigenvalue weighted by molar-refractivity contribution is -0.132. The number of benzene rings is 3. The number of anilines is 1. The summed E-state index contributed by atoms with van der Waals surface area (Å²) in [5, 5.41) is 13.1. The summed E-state index contributed by atoms with van der Waals surface area (Å²) in [6.45, 7) is 0. The summed E-state index contributed by atoms with van der Waals surface area (Å²) < 4.78 is 13.9. The van der Waals surface area contributed by atoms with Crippen LogP contribution in [0.5, 0.6) is 0 Å². The zero-order valence-corrected chi connectivity index (χ0v) is 16.8. The van der Waals surface area contributed by atoms with Crippen LogP contribution in [0, 0.1) is 5.82 Å². The van der Waals surface area contributed by atoms with E-state index in [1.165, 1.54) is 29.3 Å². The number of aliphatic hydroxyl groups is 1. The number of halogens is 1. The number of carbonyl (C=O) groups excluding carboxylic acids is 2. The van der Waals surface area contributed by atoms with Crippen molar-refractivity contribution < 1.29 is 19.1 Å². The molecule has 1 atom stereocenters. The molecule has 156 valence electrons. The predicted molar refractivity (Wildman–Crippen MR) is 119 cm³/mol. The second-order valence-electron chi connectivity index (χ2n) is 7.50. The molecule has 1 amide bonds. The highest BCUT2D eigenvalue weighted by Crippen LogP contribution is 2.42. The van der Waals surface area contributed by atoms with E-state index in [-0.39, 0.29) is 17.0 Å². The number of pyridine rings is 1. The number of hydrogen-bond acceptors (Lipinski definition) is 4. The number of rotatable bonds is 3. The minimum atomic E-state index is -0.947. The van der Waals surface area contributed by atoms with Crippen molar-refractivity contribution in [2.24, 2.45) is 0 Å². The highest BCUT2D eigenvalue weighted by Gasteiger charge is 2.47. The number of aromatic nitrogens is 1. The molecule has 1 unspecified atom stereocenters. The van der Waals surface area contributed by atoms with Gasteiger partial charge in [0.05, 0.1) is 11.6 Å². The zero-order valence-electron chi connectivity index (χ0n) is 16.8. The molecule has 5 nitrogen and oxygen atoms in total.